The van der Waals surface area contributed by atoms with Gasteiger partial charge in [-0.25, -0.2) is 15.0 Å². The topological polar surface area (TPSA) is 87.0 Å². The van der Waals surface area contributed by atoms with Gasteiger partial charge in [0.25, 0.3) is 0 Å². The Labute approximate surface area is 164 Å². The van der Waals surface area contributed by atoms with Gasteiger partial charge in [-0.15, -0.1) is 0 Å². The summed E-state index contributed by atoms with van der Waals surface area (Å²) in [6.07, 6.45) is 3.52. The maximum atomic E-state index is 9.10. The SMILES string of the molecule is CC(C)Oc1cc2c(cn1)CN=C2c1cc(N2CCN(CCO)CC2)ncn1. The molecule has 0 amide bonds. The molecule has 0 saturated carbocycles. The molecule has 8 heteroatoms. The highest BCUT2D eigenvalue weighted by Crippen LogP contribution is 2.26. The summed E-state index contributed by atoms with van der Waals surface area (Å²) < 4.78 is 5.74. The van der Waals surface area contributed by atoms with E-state index in [1.807, 2.05) is 32.2 Å². The zero-order valence-corrected chi connectivity index (χ0v) is 16.4. The van der Waals surface area contributed by atoms with Gasteiger partial charge in [0.05, 0.1) is 30.7 Å². The molecular weight excluding hydrogens is 356 g/mol. The fraction of sp³-hybridized carbons (Fsp3) is 0.500. The quantitative estimate of drug-likeness (QED) is 0.801. The first-order valence-electron chi connectivity index (χ1n) is 9.75. The second-order valence-corrected chi connectivity index (χ2v) is 7.32. The Kier molecular flexibility index (Phi) is 5.50. The molecule has 8 nitrogen and oxygen atoms in total. The lowest BCUT2D eigenvalue weighted by Gasteiger charge is -2.35. The molecule has 1 saturated heterocycles. The van der Waals surface area contributed by atoms with Crippen molar-refractivity contribution in [2.45, 2.75) is 26.5 Å². The third-order valence-corrected chi connectivity index (χ3v) is 4.99. The summed E-state index contributed by atoms with van der Waals surface area (Å²) in [6.45, 7) is 9.13. The smallest absolute Gasteiger partial charge is 0.214 e. The minimum atomic E-state index is 0.0718. The summed E-state index contributed by atoms with van der Waals surface area (Å²) in [5, 5.41) is 9.10. The molecule has 1 fully saturated rings. The van der Waals surface area contributed by atoms with Crippen LogP contribution in [0.4, 0.5) is 5.82 Å². The van der Waals surface area contributed by atoms with E-state index in [2.05, 4.69) is 24.8 Å². The third kappa shape index (κ3) is 3.98. The molecule has 1 N–H and O–H groups in total. The summed E-state index contributed by atoms with van der Waals surface area (Å²) in [5.74, 6) is 1.52. The van der Waals surface area contributed by atoms with E-state index in [0.717, 1.165) is 61.1 Å². The van der Waals surface area contributed by atoms with Gasteiger partial charge < -0.3 is 14.7 Å². The lowest BCUT2D eigenvalue weighted by atomic mass is 10.1. The molecule has 0 aromatic carbocycles. The van der Waals surface area contributed by atoms with Gasteiger partial charge in [0.1, 0.15) is 12.1 Å². The Morgan fingerprint density at radius 3 is 2.68 bits per heavy atom. The molecular formula is C20H26N6O2. The van der Waals surface area contributed by atoms with Crippen molar-refractivity contribution in [2.24, 2.45) is 4.99 Å². The van der Waals surface area contributed by atoms with Crippen molar-refractivity contribution >= 4 is 11.5 Å². The molecule has 0 atom stereocenters. The fourth-order valence-electron chi connectivity index (χ4n) is 3.58. The van der Waals surface area contributed by atoms with Gasteiger partial charge in [0.2, 0.25) is 5.88 Å². The number of piperazine rings is 1. The zero-order chi connectivity index (χ0) is 19.5. The number of nitrogens with zero attached hydrogens (tertiary/aromatic N) is 6. The van der Waals surface area contributed by atoms with Crippen LogP contribution >= 0.6 is 0 Å². The van der Waals surface area contributed by atoms with E-state index in [-0.39, 0.29) is 12.7 Å². The minimum Gasteiger partial charge on any atom is -0.475 e. The first kappa shape index (κ1) is 18.8. The Morgan fingerprint density at radius 1 is 1.11 bits per heavy atom. The number of aromatic nitrogens is 3. The zero-order valence-electron chi connectivity index (χ0n) is 16.4. The lowest BCUT2D eigenvalue weighted by molar-refractivity contribution is 0.188. The van der Waals surface area contributed by atoms with Crippen LogP contribution in [-0.2, 0) is 6.54 Å². The average Bonchev–Trinajstić information content (AvgIpc) is 3.12. The maximum absolute atomic E-state index is 9.10. The van der Waals surface area contributed by atoms with E-state index in [4.69, 9.17) is 14.8 Å². The maximum Gasteiger partial charge on any atom is 0.214 e. The molecule has 4 rings (SSSR count). The molecule has 0 bridgehead atoms. The number of rotatable bonds is 6. The number of ether oxygens (including phenoxy) is 1. The van der Waals surface area contributed by atoms with Crippen molar-refractivity contribution in [2.75, 3.05) is 44.2 Å². The van der Waals surface area contributed by atoms with Gasteiger partial charge in [-0.2, -0.15) is 0 Å². The van der Waals surface area contributed by atoms with Gasteiger partial charge in [-0.05, 0) is 13.8 Å². The van der Waals surface area contributed by atoms with Crippen LogP contribution in [0.5, 0.6) is 5.88 Å². The van der Waals surface area contributed by atoms with Crippen molar-refractivity contribution < 1.29 is 9.84 Å². The summed E-state index contributed by atoms with van der Waals surface area (Å²) in [5.41, 5.74) is 3.81. The van der Waals surface area contributed by atoms with Gasteiger partial charge in [0, 0.05) is 62.2 Å². The number of β-amino-alcohol motifs (C(OH)–C–C–N with tert-alkyl or cyclic N) is 1. The fourth-order valence-corrected chi connectivity index (χ4v) is 3.58. The van der Waals surface area contributed by atoms with E-state index in [1.54, 1.807) is 6.33 Å². The summed E-state index contributed by atoms with van der Waals surface area (Å²) in [4.78, 5) is 22.5. The molecule has 0 radical (unpaired) electrons. The van der Waals surface area contributed by atoms with E-state index in [1.165, 1.54) is 0 Å². The van der Waals surface area contributed by atoms with Crippen molar-refractivity contribution in [3.05, 3.63) is 41.5 Å². The molecule has 0 aliphatic carbocycles. The van der Waals surface area contributed by atoms with Gasteiger partial charge in [-0.3, -0.25) is 9.89 Å². The predicted octanol–water partition coefficient (Wildman–Crippen LogP) is 1.12. The number of aliphatic hydroxyl groups excluding tert-OH is 1. The highest BCUT2D eigenvalue weighted by Gasteiger charge is 2.23. The molecule has 0 spiro atoms. The Morgan fingerprint density at radius 2 is 1.93 bits per heavy atom. The van der Waals surface area contributed by atoms with Crippen LogP contribution in [-0.4, -0.2) is 76.1 Å². The second-order valence-electron chi connectivity index (χ2n) is 7.32. The van der Waals surface area contributed by atoms with Gasteiger partial charge >= 0.3 is 0 Å². The van der Waals surface area contributed by atoms with Crippen LogP contribution in [0.2, 0.25) is 0 Å². The van der Waals surface area contributed by atoms with E-state index >= 15 is 0 Å². The number of aliphatic hydroxyl groups is 1. The van der Waals surface area contributed by atoms with Crippen molar-refractivity contribution in [1.82, 2.24) is 19.9 Å². The molecule has 2 aliphatic rings. The van der Waals surface area contributed by atoms with E-state index in [9.17, 15) is 0 Å². The largest absolute Gasteiger partial charge is 0.475 e. The Hall–Kier alpha value is -2.58. The van der Waals surface area contributed by atoms with Crippen LogP contribution in [0.25, 0.3) is 0 Å². The Balaban J connectivity index is 1.54. The van der Waals surface area contributed by atoms with E-state index in [0.29, 0.717) is 12.4 Å². The van der Waals surface area contributed by atoms with Gasteiger partial charge in [0.15, 0.2) is 0 Å². The second kappa shape index (κ2) is 8.20. The molecule has 2 aliphatic heterocycles. The number of hydrogen-bond acceptors (Lipinski definition) is 8. The van der Waals surface area contributed by atoms with Crippen LogP contribution in [0.3, 0.4) is 0 Å². The van der Waals surface area contributed by atoms with Crippen LogP contribution in [0.1, 0.15) is 30.7 Å². The molecule has 28 heavy (non-hydrogen) atoms. The van der Waals surface area contributed by atoms with Gasteiger partial charge in [-0.1, -0.05) is 0 Å². The lowest BCUT2D eigenvalue weighted by Crippen LogP contribution is -2.47. The van der Waals surface area contributed by atoms with E-state index < -0.39 is 0 Å². The van der Waals surface area contributed by atoms with Crippen molar-refractivity contribution in [1.29, 1.82) is 0 Å². The predicted molar refractivity (Wildman–Crippen MR) is 107 cm³/mol. The van der Waals surface area contributed by atoms with Crippen molar-refractivity contribution in [3.8, 4) is 5.88 Å². The van der Waals surface area contributed by atoms with Crippen LogP contribution < -0.4 is 9.64 Å². The highest BCUT2D eigenvalue weighted by molar-refractivity contribution is 6.14. The van der Waals surface area contributed by atoms with Crippen molar-refractivity contribution in [3.63, 3.8) is 0 Å². The summed E-state index contributed by atoms with van der Waals surface area (Å²) >= 11 is 0. The standard InChI is InChI=1S/C20H26N6O2/c1-14(2)28-19-9-16-15(11-21-19)12-22-20(16)17-10-18(24-13-23-17)26-5-3-25(4-6-26)7-8-27/h9-11,13-14,27H,3-8,12H2,1-2H3. The highest BCUT2D eigenvalue weighted by atomic mass is 16.5. The number of aliphatic imine (C=N–C) groups is 1. The molecule has 148 valence electrons. The number of hydrogen-bond donors (Lipinski definition) is 1. The summed E-state index contributed by atoms with van der Waals surface area (Å²) in [6, 6.07) is 3.97. The third-order valence-electron chi connectivity index (χ3n) is 4.99. The number of pyridine rings is 1. The molecule has 2 aromatic rings. The molecule has 2 aromatic heterocycles. The molecule has 4 heterocycles. The van der Waals surface area contributed by atoms with Crippen LogP contribution in [0, 0.1) is 0 Å². The summed E-state index contributed by atoms with van der Waals surface area (Å²) in [7, 11) is 0. The Bertz CT molecular complexity index is 862. The monoisotopic (exact) mass is 382 g/mol. The first-order chi connectivity index (χ1) is 13.6. The number of anilines is 1. The normalized spacial score (nSPS) is 17.0. The minimum absolute atomic E-state index is 0.0718. The number of fused-ring (bicyclic) bond motifs is 1. The average molecular weight is 382 g/mol. The first-order valence-corrected chi connectivity index (χ1v) is 9.75. The van der Waals surface area contributed by atoms with Crippen LogP contribution in [0.15, 0.2) is 29.6 Å². The molecule has 0 unspecified atom stereocenters.